The highest BCUT2D eigenvalue weighted by atomic mass is 16.5. The van der Waals surface area contributed by atoms with Crippen molar-refractivity contribution in [3.63, 3.8) is 0 Å². The van der Waals surface area contributed by atoms with Crippen LogP contribution in [0.4, 0.5) is 11.6 Å². The number of hydrogen-bond donors (Lipinski definition) is 3. The van der Waals surface area contributed by atoms with Gasteiger partial charge in [0.05, 0.1) is 12.8 Å². The third-order valence-corrected chi connectivity index (χ3v) is 5.68. The minimum atomic E-state index is -0.448. The Balaban J connectivity index is 1.26. The van der Waals surface area contributed by atoms with Crippen LogP contribution >= 0.6 is 0 Å². The summed E-state index contributed by atoms with van der Waals surface area (Å²) in [6.07, 6.45) is 0. The zero-order chi connectivity index (χ0) is 26.3. The molecule has 1 aromatic heterocycles. The second-order valence-electron chi connectivity index (χ2n) is 8.21. The summed E-state index contributed by atoms with van der Waals surface area (Å²) >= 11 is 0. The number of hydrogen-bond acceptors (Lipinski definition) is 6. The first-order chi connectivity index (χ1) is 18.6. The van der Waals surface area contributed by atoms with E-state index in [1.54, 1.807) is 60.3 Å². The number of amides is 2. The standard InChI is InChI=1S/C29H24N6O3/c1-38-25-18-14-22(15-19-25)28(37)33-32-27(36)21-12-16-23(17-13-21)30-29-31-26(20-8-4-2-5-9-20)35(34-29)24-10-6-3-7-11-24/h2-19H,1H3,(H,30,34)(H,32,36)(H,33,37). The molecule has 0 aliphatic rings. The molecule has 0 radical (unpaired) electrons. The van der Waals surface area contributed by atoms with Crippen LogP contribution in [0.5, 0.6) is 5.75 Å². The summed E-state index contributed by atoms with van der Waals surface area (Å²) in [6, 6.07) is 32.9. The van der Waals surface area contributed by atoms with Gasteiger partial charge in [-0.2, -0.15) is 4.98 Å². The van der Waals surface area contributed by atoms with E-state index < -0.39 is 11.8 Å². The number of carbonyl (C=O) groups is 2. The van der Waals surface area contributed by atoms with Crippen LogP contribution in [0.2, 0.25) is 0 Å². The molecule has 9 heteroatoms. The predicted octanol–water partition coefficient (Wildman–Crippen LogP) is 4.76. The van der Waals surface area contributed by atoms with Crippen molar-refractivity contribution in [2.24, 2.45) is 0 Å². The molecule has 5 rings (SSSR count). The molecule has 0 unspecified atom stereocenters. The number of carbonyl (C=O) groups excluding carboxylic acids is 2. The summed E-state index contributed by atoms with van der Waals surface area (Å²) in [7, 11) is 1.55. The van der Waals surface area contributed by atoms with Crippen LogP contribution in [-0.2, 0) is 0 Å². The van der Waals surface area contributed by atoms with Gasteiger partial charge >= 0.3 is 0 Å². The lowest BCUT2D eigenvalue weighted by molar-refractivity contribution is 0.0846. The quantitative estimate of drug-likeness (QED) is 0.276. The topological polar surface area (TPSA) is 110 Å². The highest BCUT2D eigenvalue weighted by molar-refractivity contribution is 5.99. The Morgan fingerprint density at radius 1 is 0.711 bits per heavy atom. The molecule has 1 heterocycles. The lowest BCUT2D eigenvalue weighted by atomic mass is 10.2. The van der Waals surface area contributed by atoms with Crippen LogP contribution in [0.15, 0.2) is 109 Å². The number of ether oxygens (including phenoxy) is 1. The van der Waals surface area contributed by atoms with Gasteiger partial charge in [-0.25, -0.2) is 4.68 Å². The van der Waals surface area contributed by atoms with Gasteiger partial charge in [-0.15, -0.1) is 5.10 Å². The van der Waals surface area contributed by atoms with E-state index >= 15 is 0 Å². The molecule has 0 bridgehead atoms. The molecule has 0 saturated heterocycles. The number of para-hydroxylation sites is 1. The SMILES string of the molecule is COc1ccc(C(=O)NNC(=O)c2ccc(Nc3nc(-c4ccccc4)n(-c4ccccc4)n3)cc2)cc1. The van der Waals surface area contributed by atoms with Gasteiger partial charge < -0.3 is 10.1 Å². The van der Waals surface area contributed by atoms with Gasteiger partial charge in [-0.05, 0) is 60.7 Å². The molecule has 5 aromatic rings. The van der Waals surface area contributed by atoms with Crippen molar-refractivity contribution in [1.29, 1.82) is 0 Å². The lowest BCUT2D eigenvalue weighted by Crippen LogP contribution is -2.41. The van der Waals surface area contributed by atoms with E-state index in [9.17, 15) is 9.59 Å². The molecule has 0 aliphatic heterocycles. The van der Waals surface area contributed by atoms with Gasteiger partial charge in [0.25, 0.3) is 11.8 Å². The van der Waals surface area contributed by atoms with Crippen molar-refractivity contribution in [3.8, 4) is 22.8 Å². The van der Waals surface area contributed by atoms with Gasteiger partial charge in [-0.3, -0.25) is 20.4 Å². The van der Waals surface area contributed by atoms with Gasteiger partial charge in [0.15, 0.2) is 5.82 Å². The molecule has 38 heavy (non-hydrogen) atoms. The summed E-state index contributed by atoms with van der Waals surface area (Å²) < 4.78 is 6.87. The Labute approximate surface area is 219 Å². The third-order valence-electron chi connectivity index (χ3n) is 5.68. The largest absolute Gasteiger partial charge is 0.497 e. The average Bonchev–Trinajstić information content (AvgIpc) is 3.41. The first-order valence-corrected chi connectivity index (χ1v) is 11.8. The zero-order valence-corrected chi connectivity index (χ0v) is 20.5. The van der Waals surface area contributed by atoms with Crippen LogP contribution in [0.3, 0.4) is 0 Å². The van der Waals surface area contributed by atoms with Gasteiger partial charge in [0.1, 0.15) is 5.75 Å². The Kier molecular flexibility index (Phi) is 7.08. The first kappa shape index (κ1) is 24.3. The van der Waals surface area contributed by atoms with Crippen molar-refractivity contribution >= 4 is 23.5 Å². The highest BCUT2D eigenvalue weighted by Gasteiger charge is 2.14. The van der Waals surface area contributed by atoms with Crippen molar-refractivity contribution in [1.82, 2.24) is 25.6 Å². The smallest absolute Gasteiger partial charge is 0.269 e. The van der Waals surface area contributed by atoms with Crippen molar-refractivity contribution in [2.75, 3.05) is 12.4 Å². The van der Waals surface area contributed by atoms with Gasteiger partial charge in [0.2, 0.25) is 5.95 Å². The van der Waals surface area contributed by atoms with Crippen LogP contribution in [0.25, 0.3) is 17.1 Å². The zero-order valence-electron chi connectivity index (χ0n) is 20.5. The van der Waals surface area contributed by atoms with E-state index in [1.807, 2.05) is 60.7 Å². The number of aromatic nitrogens is 3. The average molecular weight is 505 g/mol. The molecule has 0 saturated carbocycles. The van der Waals surface area contributed by atoms with Crippen LogP contribution in [0, 0.1) is 0 Å². The summed E-state index contributed by atoms with van der Waals surface area (Å²) in [5.74, 6) is 0.863. The molecule has 0 atom stereocenters. The molecule has 0 aliphatic carbocycles. The van der Waals surface area contributed by atoms with E-state index in [4.69, 9.17) is 9.72 Å². The van der Waals surface area contributed by atoms with Crippen molar-refractivity contribution < 1.29 is 14.3 Å². The Morgan fingerprint density at radius 3 is 1.84 bits per heavy atom. The number of rotatable bonds is 7. The maximum atomic E-state index is 12.5. The van der Waals surface area contributed by atoms with Gasteiger partial charge in [0, 0.05) is 22.4 Å². The Hall–Kier alpha value is -5.44. The fourth-order valence-electron chi connectivity index (χ4n) is 3.72. The number of nitrogens with zero attached hydrogens (tertiary/aromatic N) is 3. The molecule has 0 spiro atoms. The normalized spacial score (nSPS) is 10.4. The maximum absolute atomic E-state index is 12.5. The summed E-state index contributed by atoms with van der Waals surface area (Å²) in [6.45, 7) is 0. The number of benzene rings is 4. The lowest BCUT2D eigenvalue weighted by Gasteiger charge is -2.09. The molecular weight excluding hydrogens is 480 g/mol. The third kappa shape index (κ3) is 5.52. The molecule has 9 nitrogen and oxygen atoms in total. The molecular formula is C29H24N6O3. The van der Waals surface area contributed by atoms with Crippen LogP contribution in [0.1, 0.15) is 20.7 Å². The Morgan fingerprint density at radius 2 is 1.26 bits per heavy atom. The fourth-order valence-corrected chi connectivity index (χ4v) is 3.72. The predicted molar refractivity (Wildman–Crippen MR) is 144 cm³/mol. The Bertz CT molecular complexity index is 1480. The molecule has 188 valence electrons. The second kappa shape index (κ2) is 11.1. The summed E-state index contributed by atoms with van der Waals surface area (Å²) in [5, 5.41) is 7.85. The number of nitrogens with one attached hydrogen (secondary N) is 3. The maximum Gasteiger partial charge on any atom is 0.269 e. The summed E-state index contributed by atoms with van der Waals surface area (Å²) in [5.41, 5.74) is 8.12. The molecule has 3 N–H and O–H groups in total. The number of methoxy groups -OCH3 is 1. The van der Waals surface area contributed by atoms with Crippen LogP contribution in [-0.4, -0.2) is 33.7 Å². The van der Waals surface area contributed by atoms with E-state index in [2.05, 4.69) is 21.3 Å². The van der Waals surface area contributed by atoms with E-state index in [1.165, 1.54) is 0 Å². The van der Waals surface area contributed by atoms with Gasteiger partial charge in [-0.1, -0.05) is 48.5 Å². The van der Waals surface area contributed by atoms with E-state index in [-0.39, 0.29) is 0 Å². The monoisotopic (exact) mass is 504 g/mol. The summed E-state index contributed by atoms with van der Waals surface area (Å²) in [4.78, 5) is 29.5. The van der Waals surface area contributed by atoms with E-state index in [0.717, 1.165) is 11.3 Å². The van der Waals surface area contributed by atoms with Crippen molar-refractivity contribution in [2.45, 2.75) is 0 Å². The number of hydrazine groups is 1. The van der Waals surface area contributed by atoms with Crippen molar-refractivity contribution in [3.05, 3.63) is 120 Å². The highest BCUT2D eigenvalue weighted by Crippen LogP contribution is 2.24. The van der Waals surface area contributed by atoms with E-state index in [0.29, 0.717) is 34.3 Å². The number of anilines is 2. The molecule has 4 aromatic carbocycles. The molecule has 2 amide bonds. The van der Waals surface area contributed by atoms with Crippen LogP contribution < -0.4 is 20.9 Å². The minimum Gasteiger partial charge on any atom is -0.497 e. The molecule has 0 fully saturated rings. The second-order valence-corrected chi connectivity index (χ2v) is 8.21. The minimum absolute atomic E-state index is 0.373. The fraction of sp³-hybridized carbons (Fsp3) is 0.0345. The first-order valence-electron chi connectivity index (χ1n) is 11.8.